The van der Waals surface area contributed by atoms with E-state index in [1.165, 1.54) is 0 Å². The molecule has 0 amide bonds. The first-order valence-corrected chi connectivity index (χ1v) is 3.52. The van der Waals surface area contributed by atoms with Crippen LogP contribution in [0.5, 0.6) is 0 Å². The Morgan fingerprint density at radius 1 is 1.40 bits per heavy atom. The molecule has 1 N–H and O–H groups in total. The second-order valence-electron chi connectivity index (χ2n) is 2.27. The zero-order chi connectivity index (χ0) is 7.82. The van der Waals surface area contributed by atoms with Gasteiger partial charge in [-0.1, -0.05) is 0 Å². The van der Waals surface area contributed by atoms with Gasteiger partial charge in [-0.2, -0.15) is 0 Å². The van der Waals surface area contributed by atoms with Crippen molar-refractivity contribution in [3.8, 4) is 0 Å². The van der Waals surface area contributed by atoms with Gasteiger partial charge >= 0.3 is 0 Å². The first kappa shape index (κ1) is 9.88. The average molecular weight is 148 g/mol. The fraction of sp³-hybridized carbons (Fsp3) is 1.00. The predicted octanol–water partition coefficient (Wildman–Crippen LogP) is 0.420. The van der Waals surface area contributed by atoms with Crippen molar-refractivity contribution < 1.29 is 14.6 Å². The molecule has 0 saturated heterocycles. The molecule has 0 aromatic carbocycles. The highest BCUT2D eigenvalue weighted by molar-refractivity contribution is 4.41. The number of hydrogen-bond acceptors (Lipinski definition) is 3. The summed E-state index contributed by atoms with van der Waals surface area (Å²) in [5.74, 6) is 0. The highest BCUT2D eigenvalue weighted by Crippen LogP contribution is 1.86. The summed E-state index contributed by atoms with van der Waals surface area (Å²) in [6, 6.07) is 0. The average Bonchev–Trinajstić information content (AvgIpc) is 1.87. The largest absolute Gasteiger partial charge is 0.391 e. The highest BCUT2D eigenvalue weighted by atomic mass is 16.5. The third-order valence-electron chi connectivity index (χ3n) is 0.996. The lowest BCUT2D eigenvalue weighted by molar-refractivity contribution is 0.0370. The van der Waals surface area contributed by atoms with Crippen molar-refractivity contribution in [3.63, 3.8) is 0 Å². The summed E-state index contributed by atoms with van der Waals surface area (Å²) < 4.78 is 9.87. The van der Waals surface area contributed by atoms with Crippen LogP contribution in [0.15, 0.2) is 0 Å². The maximum absolute atomic E-state index is 8.75. The third kappa shape index (κ3) is 7.88. The Labute approximate surface area is 62.0 Å². The van der Waals surface area contributed by atoms with E-state index >= 15 is 0 Å². The fourth-order valence-electron chi connectivity index (χ4n) is 0.559. The van der Waals surface area contributed by atoms with E-state index in [1.807, 2.05) is 0 Å². The Hall–Kier alpha value is -0.120. The molecule has 1 unspecified atom stereocenters. The zero-order valence-electron chi connectivity index (χ0n) is 6.67. The summed E-state index contributed by atoms with van der Waals surface area (Å²) in [5.41, 5.74) is 0. The van der Waals surface area contributed by atoms with Gasteiger partial charge in [-0.3, -0.25) is 0 Å². The van der Waals surface area contributed by atoms with Gasteiger partial charge in [-0.15, -0.1) is 0 Å². The van der Waals surface area contributed by atoms with Crippen molar-refractivity contribution in [1.82, 2.24) is 0 Å². The second-order valence-corrected chi connectivity index (χ2v) is 2.27. The molecule has 0 bridgehead atoms. The molecule has 0 aromatic rings. The minimum Gasteiger partial charge on any atom is -0.391 e. The maximum atomic E-state index is 8.75. The molecule has 0 heterocycles. The van der Waals surface area contributed by atoms with E-state index in [0.717, 1.165) is 13.0 Å². The normalized spacial score (nSPS) is 13.5. The van der Waals surface area contributed by atoms with Crippen LogP contribution in [0.1, 0.15) is 13.3 Å². The summed E-state index contributed by atoms with van der Waals surface area (Å²) in [6.07, 6.45) is 0.533. The molecule has 1 atom stereocenters. The monoisotopic (exact) mass is 148 g/mol. The molecule has 62 valence electrons. The molecule has 3 heteroatoms. The van der Waals surface area contributed by atoms with Crippen LogP contribution in [0.3, 0.4) is 0 Å². The Kier molecular flexibility index (Phi) is 6.91. The van der Waals surface area contributed by atoms with E-state index in [0.29, 0.717) is 13.2 Å². The second kappa shape index (κ2) is 6.99. The Balaban J connectivity index is 2.77. The quantitative estimate of drug-likeness (QED) is 0.555. The van der Waals surface area contributed by atoms with Crippen LogP contribution in [-0.4, -0.2) is 38.1 Å². The van der Waals surface area contributed by atoms with Crippen molar-refractivity contribution in [2.75, 3.05) is 26.9 Å². The van der Waals surface area contributed by atoms with Crippen LogP contribution in [0.25, 0.3) is 0 Å². The molecule has 0 aliphatic carbocycles. The van der Waals surface area contributed by atoms with E-state index in [9.17, 15) is 0 Å². The lowest BCUT2D eigenvalue weighted by Crippen LogP contribution is -2.11. The molecular weight excluding hydrogens is 132 g/mol. The number of rotatable bonds is 6. The third-order valence-corrected chi connectivity index (χ3v) is 0.996. The van der Waals surface area contributed by atoms with Gasteiger partial charge in [0.2, 0.25) is 0 Å². The van der Waals surface area contributed by atoms with Crippen molar-refractivity contribution >= 4 is 0 Å². The van der Waals surface area contributed by atoms with Gasteiger partial charge in [0.15, 0.2) is 0 Å². The number of aliphatic hydroxyl groups is 1. The number of aliphatic hydroxyl groups excluding tert-OH is 1. The van der Waals surface area contributed by atoms with Gasteiger partial charge < -0.3 is 14.6 Å². The minimum absolute atomic E-state index is 0.359. The van der Waals surface area contributed by atoms with Crippen LogP contribution >= 0.6 is 0 Å². The lowest BCUT2D eigenvalue weighted by Gasteiger charge is -2.04. The summed E-state index contributed by atoms with van der Waals surface area (Å²) in [7, 11) is 1.66. The summed E-state index contributed by atoms with van der Waals surface area (Å²) >= 11 is 0. The predicted molar refractivity (Wildman–Crippen MR) is 39.0 cm³/mol. The van der Waals surface area contributed by atoms with Gasteiger partial charge in [0.05, 0.1) is 12.7 Å². The van der Waals surface area contributed by atoms with Crippen molar-refractivity contribution in [2.24, 2.45) is 0 Å². The number of hydrogen-bond donors (Lipinski definition) is 1. The molecule has 0 radical (unpaired) electrons. The van der Waals surface area contributed by atoms with E-state index < -0.39 is 0 Å². The molecule has 0 aliphatic heterocycles. The molecule has 10 heavy (non-hydrogen) atoms. The van der Waals surface area contributed by atoms with Crippen LogP contribution in [-0.2, 0) is 9.47 Å². The molecule has 0 saturated carbocycles. The van der Waals surface area contributed by atoms with Gasteiger partial charge in [-0.25, -0.2) is 0 Å². The smallest absolute Gasteiger partial charge is 0.0745 e. The van der Waals surface area contributed by atoms with Crippen LogP contribution in [0, 0.1) is 0 Å². The van der Waals surface area contributed by atoms with Crippen LogP contribution in [0.4, 0.5) is 0 Å². The number of ether oxygens (including phenoxy) is 2. The van der Waals surface area contributed by atoms with E-state index in [-0.39, 0.29) is 6.10 Å². The minimum atomic E-state index is -0.359. The van der Waals surface area contributed by atoms with Crippen molar-refractivity contribution in [3.05, 3.63) is 0 Å². The SMILES string of the molecule is COCCCOCC(C)O. The van der Waals surface area contributed by atoms with Gasteiger partial charge in [0, 0.05) is 20.3 Å². The van der Waals surface area contributed by atoms with Gasteiger partial charge in [0.1, 0.15) is 0 Å². The topological polar surface area (TPSA) is 38.7 Å². The fourth-order valence-corrected chi connectivity index (χ4v) is 0.559. The Morgan fingerprint density at radius 2 is 2.10 bits per heavy atom. The van der Waals surface area contributed by atoms with Crippen molar-refractivity contribution in [1.29, 1.82) is 0 Å². The van der Waals surface area contributed by atoms with Crippen LogP contribution < -0.4 is 0 Å². The van der Waals surface area contributed by atoms with E-state index in [2.05, 4.69) is 0 Å². The zero-order valence-corrected chi connectivity index (χ0v) is 6.67. The molecule has 0 fully saturated rings. The van der Waals surface area contributed by atoms with Gasteiger partial charge in [0.25, 0.3) is 0 Å². The molecule has 3 nitrogen and oxygen atoms in total. The summed E-state index contributed by atoms with van der Waals surface area (Å²) in [6.45, 7) is 3.51. The molecule has 0 aliphatic rings. The lowest BCUT2D eigenvalue weighted by atomic mass is 10.4. The van der Waals surface area contributed by atoms with E-state index in [4.69, 9.17) is 14.6 Å². The molecule has 0 spiro atoms. The maximum Gasteiger partial charge on any atom is 0.0745 e. The van der Waals surface area contributed by atoms with Crippen molar-refractivity contribution in [2.45, 2.75) is 19.4 Å². The van der Waals surface area contributed by atoms with Gasteiger partial charge in [-0.05, 0) is 13.3 Å². The first-order valence-electron chi connectivity index (χ1n) is 3.52. The number of methoxy groups -OCH3 is 1. The highest BCUT2D eigenvalue weighted by Gasteiger charge is 1.93. The van der Waals surface area contributed by atoms with Crippen LogP contribution in [0.2, 0.25) is 0 Å². The molecular formula is C7H16O3. The Morgan fingerprint density at radius 3 is 2.60 bits per heavy atom. The first-order chi connectivity index (χ1) is 4.77. The van der Waals surface area contributed by atoms with E-state index in [1.54, 1.807) is 14.0 Å². The summed E-state index contributed by atoms with van der Waals surface area (Å²) in [4.78, 5) is 0. The molecule has 0 rings (SSSR count). The summed E-state index contributed by atoms with van der Waals surface area (Å²) in [5, 5.41) is 8.75. The molecule has 0 aromatic heterocycles. The Bertz CT molecular complexity index is 63.9. The standard InChI is InChI=1S/C7H16O3/c1-7(8)6-10-5-3-4-9-2/h7-8H,3-6H2,1-2H3.